The molecule has 0 unspecified atom stereocenters. The first-order chi connectivity index (χ1) is 6.43. The number of hydrogen-bond donors (Lipinski definition) is 1. The van der Waals surface area contributed by atoms with Crippen LogP contribution in [-0.4, -0.2) is 10.9 Å². The number of carbonyl (C=O) groups is 1. The highest BCUT2D eigenvalue weighted by molar-refractivity contribution is 14.1. The van der Waals surface area contributed by atoms with Crippen LogP contribution in [0.5, 0.6) is 5.75 Å². The minimum Gasteiger partial charge on any atom is -0.507 e. The van der Waals surface area contributed by atoms with Crippen molar-refractivity contribution in [2.24, 2.45) is 0 Å². The molecule has 0 spiro atoms. The van der Waals surface area contributed by atoms with Crippen molar-refractivity contribution >= 4 is 28.4 Å². The molecular formula is C9H7F2IO2. The second-order valence-corrected chi connectivity index (χ2v) is 3.91. The summed E-state index contributed by atoms with van der Waals surface area (Å²) in [6.07, 6.45) is -2.71. The summed E-state index contributed by atoms with van der Waals surface area (Å²) in [5.74, 6) is -0.632. The number of aromatic hydroxyl groups is 1. The molecule has 2 nitrogen and oxygen atoms in total. The van der Waals surface area contributed by atoms with Crippen molar-refractivity contribution in [3.63, 3.8) is 0 Å². The predicted octanol–water partition coefficient (Wildman–Crippen LogP) is 3.14. The number of carbonyl (C=O) groups excluding carboxylic acids is 1. The van der Waals surface area contributed by atoms with Crippen molar-refractivity contribution in [2.75, 3.05) is 0 Å². The monoisotopic (exact) mass is 312 g/mol. The zero-order chi connectivity index (χ0) is 10.9. The van der Waals surface area contributed by atoms with Gasteiger partial charge in [0.05, 0.1) is 3.57 Å². The summed E-state index contributed by atoms with van der Waals surface area (Å²) in [7, 11) is 0. The van der Waals surface area contributed by atoms with E-state index in [9.17, 15) is 18.7 Å². The molecule has 0 saturated carbocycles. The number of Topliss-reactive ketones (excluding diaryl/α,β-unsaturated/α-hetero) is 1. The summed E-state index contributed by atoms with van der Waals surface area (Å²) in [5, 5.41) is 9.25. The van der Waals surface area contributed by atoms with Gasteiger partial charge >= 0.3 is 0 Å². The van der Waals surface area contributed by atoms with Crippen molar-refractivity contribution in [3.8, 4) is 5.75 Å². The Morgan fingerprint density at radius 2 is 2.07 bits per heavy atom. The van der Waals surface area contributed by atoms with Gasteiger partial charge in [-0.3, -0.25) is 4.79 Å². The van der Waals surface area contributed by atoms with E-state index in [4.69, 9.17) is 0 Å². The molecule has 14 heavy (non-hydrogen) atoms. The summed E-state index contributed by atoms with van der Waals surface area (Å²) < 4.78 is 25.2. The third kappa shape index (κ3) is 2.20. The van der Waals surface area contributed by atoms with E-state index >= 15 is 0 Å². The van der Waals surface area contributed by atoms with Gasteiger partial charge in [0, 0.05) is 11.1 Å². The molecule has 5 heteroatoms. The number of halogens is 3. The van der Waals surface area contributed by atoms with Gasteiger partial charge in [-0.2, -0.15) is 0 Å². The Hall–Kier alpha value is -0.720. The third-order valence-corrected chi connectivity index (χ3v) is 2.60. The van der Waals surface area contributed by atoms with Crippen molar-refractivity contribution in [1.29, 1.82) is 0 Å². The largest absolute Gasteiger partial charge is 0.507 e. The van der Waals surface area contributed by atoms with Crippen molar-refractivity contribution in [2.45, 2.75) is 13.3 Å². The van der Waals surface area contributed by atoms with E-state index in [1.165, 1.54) is 6.92 Å². The van der Waals surface area contributed by atoms with Crippen LogP contribution in [0.2, 0.25) is 0 Å². The molecule has 1 rings (SSSR count). The number of benzene rings is 1. The molecule has 0 bridgehead atoms. The van der Waals surface area contributed by atoms with Gasteiger partial charge in [0.25, 0.3) is 6.43 Å². The summed E-state index contributed by atoms with van der Waals surface area (Å²) in [5.41, 5.74) is -0.461. The first-order valence-corrected chi connectivity index (χ1v) is 4.83. The van der Waals surface area contributed by atoms with Crippen LogP contribution in [0.15, 0.2) is 12.1 Å². The SMILES string of the molecule is CC(=O)c1cc(O)c(I)cc1C(F)F. The van der Waals surface area contributed by atoms with Gasteiger partial charge in [-0.25, -0.2) is 8.78 Å². The molecule has 0 fully saturated rings. The molecule has 0 saturated heterocycles. The fraction of sp³-hybridized carbons (Fsp3) is 0.222. The second kappa shape index (κ2) is 4.20. The Morgan fingerprint density at radius 1 is 1.50 bits per heavy atom. The van der Waals surface area contributed by atoms with Crippen LogP contribution in [-0.2, 0) is 0 Å². The molecule has 0 aliphatic heterocycles. The molecular weight excluding hydrogens is 305 g/mol. The summed E-state index contributed by atoms with van der Waals surface area (Å²) >= 11 is 1.73. The van der Waals surface area contributed by atoms with Gasteiger partial charge in [0.2, 0.25) is 0 Å². The Bertz CT molecular complexity index is 377. The van der Waals surface area contributed by atoms with Crippen molar-refractivity contribution < 1.29 is 18.7 Å². The molecule has 0 aliphatic rings. The van der Waals surface area contributed by atoms with Gasteiger partial charge in [-0.05, 0) is 41.6 Å². The van der Waals surface area contributed by atoms with E-state index in [-0.39, 0.29) is 16.9 Å². The highest BCUT2D eigenvalue weighted by Crippen LogP contribution is 2.30. The van der Waals surface area contributed by atoms with Gasteiger partial charge in [0.1, 0.15) is 5.75 Å². The number of phenols is 1. The first kappa shape index (κ1) is 11.4. The molecule has 0 aliphatic carbocycles. The maximum Gasteiger partial charge on any atom is 0.264 e. The maximum atomic E-state index is 12.5. The predicted molar refractivity (Wildman–Crippen MR) is 55.8 cm³/mol. The van der Waals surface area contributed by atoms with Crippen LogP contribution < -0.4 is 0 Å². The zero-order valence-corrected chi connectivity index (χ0v) is 9.38. The molecule has 1 aromatic rings. The number of rotatable bonds is 2. The molecule has 0 heterocycles. The topological polar surface area (TPSA) is 37.3 Å². The van der Waals surface area contributed by atoms with E-state index in [0.717, 1.165) is 12.1 Å². The highest BCUT2D eigenvalue weighted by atomic mass is 127. The van der Waals surface area contributed by atoms with E-state index in [0.29, 0.717) is 3.57 Å². The van der Waals surface area contributed by atoms with Crippen LogP contribution in [0.3, 0.4) is 0 Å². The van der Waals surface area contributed by atoms with Gasteiger partial charge in [-0.15, -0.1) is 0 Å². The van der Waals surface area contributed by atoms with Gasteiger partial charge < -0.3 is 5.11 Å². The van der Waals surface area contributed by atoms with E-state index in [1.54, 1.807) is 22.6 Å². The van der Waals surface area contributed by atoms with Crippen LogP contribution in [0.4, 0.5) is 8.78 Å². The average Bonchev–Trinajstić information content (AvgIpc) is 2.08. The summed E-state index contributed by atoms with van der Waals surface area (Å²) in [6, 6.07) is 2.20. The highest BCUT2D eigenvalue weighted by Gasteiger charge is 2.18. The number of alkyl halides is 2. The lowest BCUT2D eigenvalue weighted by Crippen LogP contribution is -2.00. The quantitative estimate of drug-likeness (QED) is 0.673. The van der Waals surface area contributed by atoms with Crippen molar-refractivity contribution in [3.05, 3.63) is 26.8 Å². The Kier molecular flexibility index (Phi) is 3.41. The molecule has 0 radical (unpaired) electrons. The van der Waals surface area contributed by atoms with Crippen LogP contribution in [0, 0.1) is 3.57 Å². The standard InChI is InChI=1S/C9H7F2IO2/c1-4(13)5-3-8(14)7(12)2-6(5)9(10)11/h2-3,9,14H,1H3. The molecule has 0 atom stereocenters. The molecule has 0 amide bonds. The van der Waals surface area contributed by atoms with Crippen LogP contribution in [0.25, 0.3) is 0 Å². The Balaban J connectivity index is 3.39. The summed E-state index contributed by atoms with van der Waals surface area (Å²) in [4.78, 5) is 11.0. The Labute approximate surface area is 93.1 Å². The second-order valence-electron chi connectivity index (χ2n) is 2.75. The molecule has 1 N–H and O–H groups in total. The average molecular weight is 312 g/mol. The summed E-state index contributed by atoms with van der Waals surface area (Å²) in [6.45, 7) is 1.19. The van der Waals surface area contributed by atoms with Crippen LogP contribution >= 0.6 is 22.6 Å². The number of hydrogen-bond acceptors (Lipinski definition) is 2. The van der Waals surface area contributed by atoms with Gasteiger partial charge in [-0.1, -0.05) is 0 Å². The maximum absolute atomic E-state index is 12.5. The lowest BCUT2D eigenvalue weighted by molar-refractivity contribution is 0.0998. The van der Waals surface area contributed by atoms with Crippen LogP contribution in [0.1, 0.15) is 29.3 Å². The minimum atomic E-state index is -2.71. The lowest BCUT2D eigenvalue weighted by atomic mass is 10.0. The van der Waals surface area contributed by atoms with Gasteiger partial charge in [0.15, 0.2) is 5.78 Å². The molecule has 0 aromatic heterocycles. The van der Waals surface area contributed by atoms with E-state index in [1.807, 2.05) is 0 Å². The number of ketones is 1. The smallest absolute Gasteiger partial charge is 0.264 e. The van der Waals surface area contributed by atoms with Crippen molar-refractivity contribution in [1.82, 2.24) is 0 Å². The molecule has 1 aromatic carbocycles. The van der Waals surface area contributed by atoms with E-state index < -0.39 is 12.2 Å². The Morgan fingerprint density at radius 3 is 2.50 bits per heavy atom. The fourth-order valence-corrected chi connectivity index (χ4v) is 1.55. The first-order valence-electron chi connectivity index (χ1n) is 3.75. The normalized spacial score (nSPS) is 10.6. The van der Waals surface area contributed by atoms with E-state index in [2.05, 4.69) is 0 Å². The fourth-order valence-electron chi connectivity index (χ4n) is 1.06. The lowest BCUT2D eigenvalue weighted by Gasteiger charge is -2.07. The third-order valence-electron chi connectivity index (χ3n) is 1.73. The minimum absolute atomic E-state index is 0.127. The molecule has 76 valence electrons. The number of phenolic OH excluding ortho intramolecular Hbond substituents is 1. The zero-order valence-electron chi connectivity index (χ0n) is 7.22.